The molecule has 0 bridgehead atoms. The van der Waals surface area contributed by atoms with Crippen molar-refractivity contribution in [3.8, 4) is 11.5 Å². The van der Waals surface area contributed by atoms with Crippen LogP contribution in [-0.4, -0.2) is 31.4 Å². The van der Waals surface area contributed by atoms with Crippen LogP contribution in [0.1, 0.15) is 31.0 Å². The molecule has 1 atom stereocenters. The molecule has 0 fully saturated rings. The van der Waals surface area contributed by atoms with Gasteiger partial charge in [-0.1, -0.05) is 45.5 Å². The van der Waals surface area contributed by atoms with Gasteiger partial charge in [-0.05, 0) is 55.3 Å². The van der Waals surface area contributed by atoms with Gasteiger partial charge in [0.15, 0.2) is 16.3 Å². The van der Waals surface area contributed by atoms with E-state index >= 15 is 0 Å². The van der Waals surface area contributed by atoms with E-state index in [-0.39, 0.29) is 12.2 Å². The molecule has 3 aromatic rings. The lowest BCUT2D eigenvalue weighted by atomic mass is 9.95. The van der Waals surface area contributed by atoms with Crippen molar-refractivity contribution >= 4 is 39.3 Å². The number of aromatic nitrogens is 1. The average molecular weight is 543 g/mol. The minimum atomic E-state index is -0.720. The second kappa shape index (κ2) is 9.99. The van der Waals surface area contributed by atoms with Crippen LogP contribution < -0.4 is 24.4 Å². The van der Waals surface area contributed by atoms with Crippen molar-refractivity contribution in [1.82, 2.24) is 4.57 Å². The molecule has 1 aliphatic rings. The quantitative estimate of drug-likeness (QED) is 0.445. The average Bonchev–Trinajstić information content (AvgIpc) is 3.13. The first kappa shape index (κ1) is 24.0. The van der Waals surface area contributed by atoms with Crippen molar-refractivity contribution in [3.63, 3.8) is 0 Å². The molecule has 0 radical (unpaired) electrons. The van der Waals surface area contributed by atoms with E-state index in [4.69, 9.17) is 14.2 Å². The molecular weight excluding hydrogens is 520 g/mol. The largest absolute Gasteiger partial charge is 0.493 e. The van der Waals surface area contributed by atoms with Gasteiger partial charge in [0, 0.05) is 4.47 Å². The van der Waals surface area contributed by atoms with E-state index in [2.05, 4.69) is 20.9 Å². The van der Waals surface area contributed by atoms with Gasteiger partial charge in [0.05, 0.1) is 42.7 Å². The maximum absolute atomic E-state index is 13.6. The molecule has 4 rings (SSSR count). The SMILES string of the molecule is CCOC(=O)C1=C(C)N=c2s/c(=C\c3ccc(Br)cc3)c(=O)n2C1c1ccc(OC)c(OC)c1. The lowest BCUT2D eigenvalue weighted by Gasteiger charge is -2.25. The number of halogens is 1. The van der Waals surface area contributed by atoms with Gasteiger partial charge < -0.3 is 14.2 Å². The number of carbonyl (C=O) groups is 1. The Morgan fingerprint density at radius 2 is 1.85 bits per heavy atom. The minimum Gasteiger partial charge on any atom is -0.493 e. The number of allylic oxidation sites excluding steroid dienone is 1. The lowest BCUT2D eigenvalue weighted by molar-refractivity contribution is -0.139. The molecule has 0 spiro atoms. The zero-order valence-corrected chi connectivity index (χ0v) is 21.5. The smallest absolute Gasteiger partial charge is 0.338 e. The summed E-state index contributed by atoms with van der Waals surface area (Å²) in [5.74, 6) is 0.535. The molecular formula is C25H23BrN2O5S. The number of rotatable bonds is 6. The monoisotopic (exact) mass is 542 g/mol. The molecule has 0 aliphatic carbocycles. The van der Waals surface area contributed by atoms with Crippen LogP contribution in [0.5, 0.6) is 11.5 Å². The fraction of sp³-hybridized carbons (Fsp3) is 0.240. The number of hydrogen-bond acceptors (Lipinski definition) is 7. The Morgan fingerprint density at radius 1 is 1.15 bits per heavy atom. The standard InChI is InChI=1S/C25H23BrN2O5S/c1-5-33-24(30)21-14(2)27-25-28(22(21)16-8-11-18(31-3)19(13-16)32-4)23(29)20(34-25)12-15-6-9-17(26)10-7-15/h6-13,22H,5H2,1-4H3/b20-12-. The van der Waals surface area contributed by atoms with Crippen molar-refractivity contribution in [2.75, 3.05) is 20.8 Å². The number of benzene rings is 2. The van der Waals surface area contributed by atoms with E-state index in [1.807, 2.05) is 36.4 Å². The van der Waals surface area contributed by atoms with E-state index in [1.54, 1.807) is 44.8 Å². The second-order valence-electron chi connectivity index (χ2n) is 7.47. The Bertz CT molecular complexity index is 1450. The number of thiazole rings is 1. The fourth-order valence-electron chi connectivity index (χ4n) is 3.84. The van der Waals surface area contributed by atoms with Crippen LogP contribution in [0, 0.1) is 0 Å². The summed E-state index contributed by atoms with van der Waals surface area (Å²) in [6, 6.07) is 12.3. The highest BCUT2D eigenvalue weighted by atomic mass is 79.9. The third kappa shape index (κ3) is 4.45. The van der Waals surface area contributed by atoms with Gasteiger partial charge in [-0.2, -0.15) is 0 Å². The van der Waals surface area contributed by atoms with E-state index in [0.717, 1.165) is 10.0 Å². The predicted molar refractivity (Wildman–Crippen MR) is 134 cm³/mol. The first-order valence-corrected chi connectivity index (χ1v) is 12.2. The number of hydrogen-bond donors (Lipinski definition) is 0. The summed E-state index contributed by atoms with van der Waals surface area (Å²) in [5.41, 5.74) is 2.16. The Balaban J connectivity index is 1.96. The maximum atomic E-state index is 13.6. The van der Waals surface area contributed by atoms with Gasteiger partial charge in [-0.15, -0.1) is 0 Å². The molecule has 1 aromatic heterocycles. The molecule has 7 nitrogen and oxygen atoms in total. The Kier molecular flexibility index (Phi) is 7.04. The summed E-state index contributed by atoms with van der Waals surface area (Å²) in [6.45, 7) is 3.71. The molecule has 1 unspecified atom stereocenters. The van der Waals surface area contributed by atoms with Crippen LogP contribution >= 0.6 is 27.3 Å². The summed E-state index contributed by atoms with van der Waals surface area (Å²) in [7, 11) is 3.09. The first-order chi connectivity index (χ1) is 16.4. The highest BCUT2D eigenvalue weighted by Crippen LogP contribution is 2.36. The maximum Gasteiger partial charge on any atom is 0.338 e. The number of methoxy groups -OCH3 is 2. The predicted octanol–water partition coefficient (Wildman–Crippen LogP) is 3.58. The van der Waals surface area contributed by atoms with Gasteiger partial charge in [-0.3, -0.25) is 9.36 Å². The van der Waals surface area contributed by atoms with Crippen molar-refractivity contribution in [1.29, 1.82) is 0 Å². The zero-order chi connectivity index (χ0) is 24.4. The highest BCUT2D eigenvalue weighted by molar-refractivity contribution is 9.10. The minimum absolute atomic E-state index is 0.211. The van der Waals surface area contributed by atoms with Crippen molar-refractivity contribution in [3.05, 3.63) is 89.0 Å². The number of carbonyl (C=O) groups excluding carboxylic acids is 1. The molecule has 9 heteroatoms. The van der Waals surface area contributed by atoms with Crippen LogP contribution in [0.3, 0.4) is 0 Å². The highest BCUT2D eigenvalue weighted by Gasteiger charge is 2.33. The lowest BCUT2D eigenvalue weighted by Crippen LogP contribution is -2.39. The van der Waals surface area contributed by atoms with Gasteiger partial charge >= 0.3 is 5.97 Å². The third-order valence-corrected chi connectivity index (χ3v) is 6.92. The van der Waals surface area contributed by atoms with Crippen LogP contribution in [-0.2, 0) is 9.53 Å². The number of fused-ring (bicyclic) bond motifs is 1. The number of esters is 1. The van der Waals surface area contributed by atoms with Crippen LogP contribution in [0.4, 0.5) is 0 Å². The second-order valence-corrected chi connectivity index (χ2v) is 9.39. The summed E-state index contributed by atoms with van der Waals surface area (Å²) >= 11 is 4.71. The van der Waals surface area contributed by atoms with Crippen LogP contribution in [0.2, 0.25) is 0 Å². The Labute approximate surface area is 208 Å². The molecule has 1 aliphatic heterocycles. The Hall–Kier alpha value is -3.17. The molecule has 2 aromatic carbocycles. The molecule has 0 saturated heterocycles. The third-order valence-electron chi connectivity index (χ3n) is 5.41. The summed E-state index contributed by atoms with van der Waals surface area (Å²) < 4.78 is 19.2. The van der Waals surface area contributed by atoms with Gasteiger partial charge in [0.1, 0.15) is 0 Å². The molecule has 0 N–H and O–H groups in total. The molecule has 176 valence electrons. The topological polar surface area (TPSA) is 79.1 Å². The molecule has 0 saturated carbocycles. The Morgan fingerprint density at radius 3 is 2.50 bits per heavy atom. The summed E-state index contributed by atoms with van der Waals surface area (Å²) in [4.78, 5) is 31.7. The van der Waals surface area contributed by atoms with Crippen LogP contribution in [0.15, 0.2) is 68.0 Å². The number of ether oxygens (including phenoxy) is 3. The van der Waals surface area contributed by atoms with Crippen molar-refractivity contribution in [2.24, 2.45) is 4.99 Å². The molecule has 2 heterocycles. The van der Waals surface area contributed by atoms with Crippen molar-refractivity contribution < 1.29 is 19.0 Å². The van der Waals surface area contributed by atoms with Crippen LogP contribution in [0.25, 0.3) is 6.08 Å². The first-order valence-electron chi connectivity index (χ1n) is 10.5. The van der Waals surface area contributed by atoms with E-state index in [0.29, 0.717) is 37.7 Å². The van der Waals surface area contributed by atoms with Gasteiger partial charge in [0.25, 0.3) is 5.56 Å². The van der Waals surface area contributed by atoms with Gasteiger partial charge in [-0.25, -0.2) is 9.79 Å². The van der Waals surface area contributed by atoms with E-state index in [1.165, 1.54) is 11.3 Å². The van der Waals surface area contributed by atoms with Gasteiger partial charge in [0.2, 0.25) is 0 Å². The normalized spacial score (nSPS) is 15.6. The fourth-order valence-corrected chi connectivity index (χ4v) is 5.15. The number of nitrogens with zero attached hydrogens (tertiary/aromatic N) is 2. The summed E-state index contributed by atoms with van der Waals surface area (Å²) in [5, 5.41) is 0. The molecule has 0 amide bonds. The zero-order valence-electron chi connectivity index (χ0n) is 19.1. The van der Waals surface area contributed by atoms with E-state index < -0.39 is 12.0 Å². The van der Waals surface area contributed by atoms with E-state index in [9.17, 15) is 9.59 Å². The van der Waals surface area contributed by atoms with Crippen molar-refractivity contribution in [2.45, 2.75) is 19.9 Å². The molecule has 34 heavy (non-hydrogen) atoms. The summed E-state index contributed by atoms with van der Waals surface area (Å²) in [6.07, 6.45) is 1.82.